The average molecular weight is 399 g/mol. The standard InChI is InChI=1S/C13H11BrN4O2S2/c1-21-6-10-16-18-13(20-10)22-7-11-15-17-12(19-11)8-4-2-3-5-9(8)14/h2-5H,6-7H2,1H3. The van der Waals surface area contributed by atoms with Gasteiger partial charge in [-0.15, -0.1) is 20.4 Å². The summed E-state index contributed by atoms with van der Waals surface area (Å²) in [7, 11) is 0. The molecule has 3 rings (SSSR count). The van der Waals surface area contributed by atoms with E-state index in [1.165, 1.54) is 11.8 Å². The van der Waals surface area contributed by atoms with Crippen molar-refractivity contribution in [3.8, 4) is 11.5 Å². The maximum Gasteiger partial charge on any atom is 0.277 e. The first kappa shape index (κ1) is 15.6. The second kappa shape index (κ2) is 7.30. The van der Waals surface area contributed by atoms with E-state index in [-0.39, 0.29) is 0 Å². The minimum absolute atomic E-state index is 0.483. The van der Waals surface area contributed by atoms with Gasteiger partial charge in [-0.05, 0) is 34.3 Å². The molecule has 2 heterocycles. The highest BCUT2D eigenvalue weighted by atomic mass is 79.9. The lowest BCUT2D eigenvalue weighted by atomic mass is 10.2. The van der Waals surface area contributed by atoms with Gasteiger partial charge in [-0.3, -0.25) is 0 Å². The van der Waals surface area contributed by atoms with Crippen molar-refractivity contribution in [1.82, 2.24) is 20.4 Å². The van der Waals surface area contributed by atoms with E-state index in [2.05, 4.69) is 36.3 Å². The Hall–Kier alpha value is -1.32. The molecular weight excluding hydrogens is 388 g/mol. The number of aromatic nitrogens is 4. The van der Waals surface area contributed by atoms with Crippen molar-refractivity contribution >= 4 is 39.5 Å². The summed E-state index contributed by atoms with van der Waals surface area (Å²) in [5.41, 5.74) is 0.867. The van der Waals surface area contributed by atoms with Gasteiger partial charge in [0.2, 0.25) is 17.7 Å². The van der Waals surface area contributed by atoms with Crippen LogP contribution in [0.4, 0.5) is 0 Å². The van der Waals surface area contributed by atoms with Gasteiger partial charge in [0.25, 0.3) is 5.22 Å². The zero-order valence-electron chi connectivity index (χ0n) is 11.5. The molecule has 22 heavy (non-hydrogen) atoms. The predicted molar refractivity (Wildman–Crippen MR) is 88.5 cm³/mol. The van der Waals surface area contributed by atoms with Crippen molar-refractivity contribution in [2.45, 2.75) is 16.7 Å². The lowest BCUT2D eigenvalue weighted by molar-refractivity contribution is 0.426. The van der Waals surface area contributed by atoms with Crippen molar-refractivity contribution in [2.75, 3.05) is 6.26 Å². The zero-order valence-corrected chi connectivity index (χ0v) is 14.7. The van der Waals surface area contributed by atoms with Gasteiger partial charge >= 0.3 is 0 Å². The van der Waals surface area contributed by atoms with Crippen LogP contribution in [0.5, 0.6) is 0 Å². The number of hydrogen-bond acceptors (Lipinski definition) is 8. The van der Waals surface area contributed by atoms with E-state index in [0.29, 0.717) is 34.4 Å². The monoisotopic (exact) mass is 398 g/mol. The summed E-state index contributed by atoms with van der Waals surface area (Å²) in [6.07, 6.45) is 1.98. The molecular formula is C13H11BrN4O2S2. The maximum atomic E-state index is 5.66. The summed E-state index contributed by atoms with van der Waals surface area (Å²) in [6.45, 7) is 0. The van der Waals surface area contributed by atoms with E-state index in [0.717, 1.165) is 10.0 Å². The highest BCUT2D eigenvalue weighted by molar-refractivity contribution is 9.10. The quantitative estimate of drug-likeness (QED) is 0.575. The van der Waals surface area contributed by atoms with Crippen LogP contribution in [0.1, 0.15) is 11.8 Å². The van der Waals surface area contributed by atoms with Crippen molar-refractivity contribution < 1.29 is 8.83 Å². The molecule has 3 aromatic rings. The predicted octanol–water partition coefficient (Wildman–Crippen LogP) is 4.04. The van der Waals surface area contributed by atoms with Crippen LogP contribution >= 0.6 is 39.5 Å². The summed E-state index contributed by atoms with van der Waals surface area (Å²) in [4.78, 5) is 0. The molecule has 0 spiro atoms. The van der Waals surface area contributed by atoms with Crippen molar-refractivity contribution in [2.24, 2.45) is 0 Å². The second-order valence-corrected chi connectivity index (χ2v) is 6.81. The van der Waals surface area contributed by atoms with Gasteiger partial charge in [-0.1, -0.05) is 23.9 Å². The van der Waals surface area contributed by atoms with Crippen LogP contribution in [-0.2, 0) is 11.5 Å². The highest BCUT2D eigenvalue weighted by Crippen LogP contribution is 2.28. The van der Waals surface area contributed by atoms with E-state index >= 15 is 0 Å². The number of nitrogens with zero attached hydrogens (tertiary/aromatic N) is 4. The molecule has 0 unspecified atom stereocenters. The molecule has 0 radical (unpaired) electrons. The number of halogens is 1. The fourth-order valence-electron chi connectivity index (χ4n) is 1.66. The lowest BCUT2D eigenvalue weighted by Gasteiger charge is -1.97. The van der Waals surface area contributed by atoms with Gasteiger partial charge in [0.15, 0.2) is 0 Å². The number of benzene rings is 1. The number of hydrogen-bond donors (Lipinski definition) is 0. The van der Waals surface area contributed by atoms with Gasteiger partial charge in [-0.25, -0.2) is 0 Å². The lowest BCUT2D eigenvalue weighted by Crippen LogP contribution is -1.80. The third kappa shape index (κ3) is 3.71. The van der Waals surface area contributed by atoms with Crippen molar-refractivity contribution in [3.63, 3.8) is 0 Å². The Balaban J connectivity index is 1.65. The Morgan fingerprint density at radius 1 is 1.00 bits per heavy atom. The van der Waals surface area contributed by atoms with Crippen molar-refractivity contribution in [3.05, 3.63) is 40.5 Å². The molecule has 2 aromatic heterocycles. The molecule has 0 aliphatic carbocycles. The summed E-state index contributed by atoms with van der Waals surface area (Å²) in [6, 6.07) is 7.70. The average Bonchev–Trinajstić information content (AvgIpc) is 3.15. The zero-order chi connectivity index (χ0) is 15.4. The third-order valence-electron chi connectivity index (χ3n) is 2.61. The molecule has 0 atom stereocenters. The van der Waals surface area contributed by atoms with E-state index in [1.54, 1.807) is 11.8 Å². The van der Waals surface area contributed by atoms with Gasteiger partial charge < -0.3 is 8.83 Å². The van der Waals surface area contributed by atoms with Crippen molar-refractivity contribution in [1.29, 1.82) is 0 Å². The smallest absolute Gasteiger partial charge is 0.277 e. The topological polar surface area (TPSA) is 77.8 Å². The summed E-state index contributed by atoms with van der Waals surface area (Å²) in [5, 5.41) is 16.5. The number of rotatable bonds is 6. The van der Waals surface area contributed by atoms with E-state index < -0.39 is 0 Å². The molecule has 0 aliphatic heterocycles. The molecule has 0 fully saturated rings. The molecule has 0 bridgehead atoms. The highest BCUT2D eigenvalue weighted by Gasteiger charge is 2.13. The Bertz CT molecular complexity index is 762. The molecule has 9 heteroatoms. The van der Waals surface area contributed by atoms with E-state index in [4.69, 9.17) is 8.83 Å². The summed E-state index contributed by atoms with van der Waals surface area (Å²) >= 11 is 6.48. The Morgan fingerprint density at radius 2 is 1.77 bits per heavy atom. The molecule has 0 saturated carbocycles. The molecule has 0 N–H and O–H groups in total. The Kier molecular flexibility index (Phi) is 5.16. The van der Waals surface area contributed by atoms with Gasteiger partial charge in [-0.2, -0.15) is 11.8 Å². The molecule has 6 nitrogen and oxygen atoms in total. The fraction of sp³-hybridized carbons (Fsp3) is 0.231. The second-order valence-electron chi connectivity index (χ2n) is 4.16. The SMILES string of the molecule is CSCc1nnc(SCc2nnc(-c3ccccc3Br)o2)o1. The van der Waals surface area contributed by atoms with Crippen LogP contribution in [0, 0.1) is 0 Å². The molecule has 0 amide bonds. The first-order chi connectivity index (χ1) is 10.8. The van der Waals surface area contributed by atoms with Crippen LogP contribution < -0.4 is 0 Å². The normalized spacial score (nSPS) is 11.0. The van der Waals surface area contributed by atoms with E-state index in [1.807, 2.05) is 30.5 Å². The van der Waals surface area contributed by atoms with Gasteiger partial charge in [0.05, 0.1) is 17.1 Å². The van der Waals surface area contributed by atoms with Gasteiger partial charge in [0, 0.05) is 4.47 Å². The van der Waals surface area contributed by atoms with Crippen LogP contribution in [0.3, 0.4) is 0 Å². The molecule has 114 valence electrons. The largest absolute Gasteiger partial charge is 0.420 e. The Morgan fingerprint density at radius 3 is 2.59 bits per heavy atom. The summed E-state index contributed by atoms with van der Waals surface area (Å²) in [5.74, 6) is 2.81. The number of thioether (sulfide) groups is 2. The van der Waals surface area contributed by atoms with E-state index in [9.17, 15) is 0 Å². The molecule has 0 saturated heterocycles. The first-order valence-corrected chi connectivity index (χ1v) is 9.45. The van der Waals surface area contributed by atoms with Crippen LogP contribution in [0.15, 0.2) is 42.8 Å². The Labute approximate surface area is 143 Å². The molecule has 1 aromatic carbocycles. The maximum absolute atomic E-state index is 5.66. The first-order valence-electron chi connectivity index (χ1n) is 6.27. The van der Waals surface area contributed by atoms with Gasteiger partial charge in [0.1, 0.15) is 0 Å². The van der Waals surface area contributed by atoms with Crippen LogP contribution in [-0.4, -0.2) is 26.7 Å². The van der Waals surface area contributed by atoms with Crippen LogP contribution in [0.2, 0.25) is 0 Å². The fourth-order valence-corrected chi connectivity index (χ4v) is 3.09. The minimum Gasteiger partial charge on any atom is -0.420 e. The van der Waals surface area contributed by atoms with Crippen LogP contribution in [0.25, 0.3) is 11.5 Å². The minimum atomic E-state index is 0.483. The summed E-state index contributed by atoms with van der Waals surface area (Å²) < 4.78 is 12.1. The molecule has 0 aliphatic rings. The third-order valence-corrected chi connectivity index (χ3v) is 4.64.